The van der Waals surface area contributed by atoms with Gasteiger partial charge in [-0.15, -0.1) is 0 Å². The van der Waals surface area contributed by atoms with Crippen LogP contribution >= 0.6 is 11.6 Å². The summed E-state index contributed by atoms with van der Waals surface area (Å²) in [4.78, 5) is 28.1. The molecule has 0 bridgehead atoms. The molecular formula is C22H25ClN4O4. The minimum Gasteiger partial charge on any atom is -0.378 e. The number of anilines is 3. The Hall–Kier alpha value is -2.84. The highest BCUT2D eigenvalue weighted by molar-refractivity contribution is 6.33. The molecule has 2 aromatic carbocycles. The summed E-state index contributed by atoms with van der Waals surface area (Å²) in [6.45, 7) is 4.42. The molecule has 0 aliphatic carbocycles. The highest BCUT2D eigenvalue weighted by Gasteiger charge is 2.23. The number of benzene rings is 2. The van der Waals surface area contributed by atoms with Gasteiger partial charge in [-0.25, -0.2) is 0 Å². The van der Waals surface area contributed by atoms with Crippen LogP contribution in [0.3, 0.4) is 0 Å². The average molecular weight is 445 g/mol. The van der Waals surface area contributed by atoms with Crippen LogP contribution in [-0.2, 0) is 4.74 Å². The third-order valence-corrected chi connectivity index (χ3v) is 5.99. The van der Waals surface area contributed by atoms with Crippen molar-refractivity contribution in [1.82, 2.24) is 0 Å². The molecule has 0 atom stereocenters. The van der Waals surface area contributed by atoms with Gasteiger partial charge in [0.05, 0.1) is 28.8 Å². The molecule has 2 aliphatic heterocycles. The topological polar surface area (TPSA) is 88.0 Å². The molecule has 2 aliphatic rings. The van der Waals surface area contributed by atoms with Crippen LogP contribution in [0.15, 0.2) is 36.4 Å². The second-order valence-electron chi connectivity index (χ2n) is 7.73. The van der Waals surface area contributed by atoms with Crippen molar-refractivity contribution in [1.29, 1.82) is 0 Å². The van der Waals surface area contributed by atoms with E-state index >= 15 is 0 Å². The lowest BCUT2D eigenvalue weighted by atomic mass is 10.1. The molecular weight excluding hydrogens is 420 g/mol. The van der Waals surface area contributed by atoms with Gasteiger partial charge in [-0.05, 0) is 49.6 Å². The van der Waals surface area contributed by atoms with Crippen molar-refractivity contribution < 1.29 is 14.5 Å². The van der Waals surface area contributed by atoms with Crippen LogP contribution in [0.25, 0.3) is 0 Å². The Morgan fingerprint density at radius 1 is 0.968 bits per heavy atom. The van der Waals surface area contributed by atoms with Gasteiger partial charge in [-0.3, -0.25) is 14.9 Å². The zero-order valence-corrected chi connectivity index (χ0v) is 17.9. The quantitative estimate of drug-likeness (QED) is 0.545. The molecule has 0 spiro atoms. The largest absolute Gasteiger partial charge is 0.378 e. The fourth-order valence-corrected chi connectivity index (χ4v) is 4.36. The summed E-state index contributed by atoms with van der Waals surface area (Å²) in [5.41, 5.74) is 2.19. The minimum absolute atomic E-state index is 0.0461. The average Bonchev–Trinajstić information content (AvgIpc) is 2.80. The predicted molar refractivity (Wildman–Crippen MR) is 122 cm³/mol. The van der Waals surface area contributed by atoms with Crippen molar-refractivity contribution in [2.45, 2.75) is 19.3 Å². The summed E-state index contributed by atoms with van der Waals surface area (Å²) in [7, 11) is 0. The van der Waals surface area contributed by atoms with Crippen molar-refractivity contribution >= 4 is 40.3 Å². The number of morpholine rings is 1. The second-order valence-corrected chi connectivity index (χ2v) is 8.14. The highest BCUT2D eigenvalue weighted by atomic mass is 35.5. The molecule has 0 radical (unpaired) electrons. The molecule has 164 valence electrons. The molecule has 2 fully saturated rings. The van der Waals surface area contributed by atoms with Gasteiger partial charge in [-0.1, -0.05) is 11.6 Å². The molecule has 2 aromatic rings. The lowest BCUT2D eigenvalue weighted by Crippen LogP contribution is -2.36. The number of nitro benzene ring substituents is 1. The Bertz CT molecular complexity index is 972. The first-order chi connectivity index (χ1) is 15.0. The van der Waals surface area contributed by atoms with E-state index in [-0.39, 0.29) is 11.3 Å². The number of carbonyl (C=O) groups is 1. The smallest absolute Gasteiger partial charge is 0.293 e. The summed E-state index contributed by atoms with van der Waals surface area (Å²) >= 11 is 6.44. The Kier molecular flexibility index (Phi) is 6.58. The maximum atomic E-state index is 12.8. The summed E-state index contributed by atoms with van der Waals surface area (Å²) < 4.78 is 5.37. The lowest BCUT2D eigenvalue weighted by Gasteiger charge is -2.29. The van der Waals surface area contributed by atoms with E-state index in [9.17, 15) is 14.9 Å². The van der Waals surface area contributed by atoms with E-state index < -0.39 is 10.8 Å². The monoisotopic (exact) mass is 444 g/mol. The molecule has 8 nitrogen and oxygen atoms in total. The van der Waals surface area contributed by atoms with Gasteiger partial charge in [0, 0.05) is 43.5 Å². The third-order valence-electron chi connectivity index (χ3n) is 5.69. The van der Waals surface area contributed by atoms with E-state index in [1.807, 2.05) is 11.0 Å². The molecule has 4 rings (SSSR count). The molecule has 0 aromatic heterocycles. The molecule has 1 N–H and O–H groups in total. The van der Waals surface area contributed by atoms with Crippen LogP contribution in [0.4, 0.5) is 22.7 Å². The van der Waals surface area contributed by atoms with Crippen molar-refractivity contribution in [3.63, 3.8) is 0 Å². The van der Waals surface area contributed by atoms with E-state index in [0.717, 1.165) is 51.1 Å². The Balaban J connectivity index is 1.51. The number of hydrogen-bond donors (Lipinski definition) is 1. The molecule has 31 heavy (non-hydrogen) atoms. The zero-order chi connectivity index (χ0) is 21.8. The molecule has 1 amide bonds. The van der Waals surface area contributed by atoms with Crippen molar-refractivity contribution in [2.24, 2.45) is 0 Å². The van der Waals surface area contributed by atoms with Crippen LogP contribution in [0, 0.1) is 10.1 Å². The number of rotatable bonds is 5. The number of nitrogens with one attached hydrogen (secondary N) is 1. The molecule has 2 heterocycles. The SMILES string of the molecule is O=C(Nc1ccc(N2CCOCC2)c(Cl)c1)c1ccc(N2CCCCC2)c([N+](=O)[O-])c1. The lowest BCUT2D eigenvalue weighted by molar-refractivity contribution is -0.384. The zero-order valence-electron chi connectivity index (χ0n) is 17.2. The van der Waals surface area contributed by atoms with Gasteiger partial charge in [0.2, 0.25) is 0 Å². The molecule has 0 saturated carbocycles. The number of ether oxygens (including phenoxy) is 1. The summed E-state index contributed by atoms with van der Waals surface area (Å²) in [6, 6.07) is 10.0. The van der Waals surface area contributed by atoms with Crippen LogP contribution in [0.5, 0.6) is 0 Å². The van der Waals surface area contributed by atoms with Crippen molar-refractivity contribution in [3.05, 3.63) is 57.1 Å². The number of hydrogen-bond acceptors (Lipinski definition) is 6. The van der Waals surface area contributed by atoms with E-state index in [2.05, 4.69) is 10.2 Å². The Morgan fingerprint density at radius 2 is 1.65 bits per heavy atom. The van der Waals surface area contributed by atoms with Gasteiger partial charge in [0.25, 0.3) is 11.6 Å². The van der Waals surface area contributed by atoms with Crippen LogP contribution in [-0.4, -0.2) is 50.2 Å². The molecule has 2 saturated heterocycles. The van der Waals surface area contributed by atoms with Gasteiger partial charge in [-0.2, -0.15) is 0 Å². The normalized spacial score (nSPS) is 16.8. The first-order valence-electron chi connectivity index (χ1n) is 10.5. The van der Waals surface area contributed by atoms with E-state index in [1.54, 1.807) is 24.3 Å². The first-order valence-corrected chi connectivity index (χ1v) is 10.9. The predicted octanol–water partition coefficient (Wildman–Crippen LogP) is 4.33. The molecule has 0 unspecified atom stereocenters. The number of halogens is 1. The number of amides is 1. The number of nitrogens with zero attached hydrogens (tertiary/aromatic N) is 3. The fraction of sp³-hybridized carbons (Fsp3) is 0.409. The molecule has 9 heteroatoms. The Labute approximate surface area is 185 Å². The number of piperidine rings is 1. The minimum atomic E-state index is -0.422. The highest BCUT2D eigenvalue weighted by Crippen LogP contribution is 2.32. The van der Waals surface area contributed by atoms with Gasteiger partial charge in [0.1, 0.15) is 5.69 Å². The fourth-order valence-electron chi connectivity index (χ4n) is 4.06. The van der Waals surface area contributed by atoms with E-state index in [0.29, 0.717) is 29.6 Å². The van der Waals surface area contributed by atoms with Crippen LogP contribution in [0.1, 0.15) is 29.6 Å². The summed E-state index contributed by atoms with van der Waals surface area (Å²) in [5, 5.41) is 15.0. The number of nitro groups is 1. The van der Waals surface area contributed by atoms with Crippen molar-refractivity contribution in [3.8, 4) is 0 Å². The summed E-state index contributed by atoms with van der Waals surface area (Å²) in [5.74, 6) is -0.413. The van der Waals surface area contributed by atoms with Crippen LogP contribution < -0.4 is 15.1 Å². The van der Waals surface area contributed by atoms with E-state index in [4.69, 9.17) is 16.3 Å². The standard InChI is InChI=1S/C22H25ClN4O4/c23-18-15-17(5-7-19(18)26-10-12-31-13-11-26)24-22(28)16-4-6-20(21(14-16)27(29)30)25-8-2-1-3-9-25/h4-7,14-15H,1-3,8-13H2,(H,24,28). The van der Waals surface area contributed by atoms with E-state index in [1.165, 1.54) is 6.07 Å². The Morgan fingerprint density at radius 3 is 2.32 bits per heavy atom. The van der Waals surface area contributed by atoms with Gasteiger partial charge < -0.3 is 19.9 Å². The maximum Gasteiger partial charge on any atom is 0.293 e. The van der Waals surface area contributed by atoms with Crippen LogP contribution in [0.2, 0.25) is 5.02 Å². The maximum absolute atomic E-state index is 12.8. The van der Waals surface area contributed by atoms with Gasteiger partial charge >= 0.3 is 0 Å². The summed E-state index contributed by atoms with van der Waals surface area (Å²) in [6.07, 6.45) is 3.17. The first kappa shape index (κ1) is 21.4. The second kappa shape index (κ2) is 9.53. The van der Waals surface area contributed by atoms with Crippen molar-refractivity contribution in [2.75, 3.05) is 54.5 Å². The number of carbonyl (C=O) groups excluding carboxylic acids is 1. The van der Waals surface area contributed by atoms with Gasteiger partial charge in [0.15, 0.2) is 0 Å². The third kappa shape index (κ3) is 4.91.